The van der Waals surface area contributed by atoms with E-state index in [0.717, 1.165) is 6.42 Å². The summed E-state index contributed by atoms with van der Waals surface area (Å²) in [6, 6.07) is 6.60. The lowest BCUT2D eigenvalue weighted by Crippen LogP contribution is -2.55. The average molecular weight is 350 g/mol. The molecule has 0 saturated carbocycles. The maximum Gasteiger partial charge on any atom is 0.325 e. The third-order valence-corrected chi connectivity index (χ3v) is 5.03. The number of halogens is 1. The number of carbonyl (C=O) groups is 3. The van der Waals surface area contributed by atoms with E-state index in [0.29, 0.717) is 43.1 Å². The standard InChI is InChI=1S/C17H20ClN3O3/c1-2-9-21-15(23)17(19-16(21)24)7-10-20(11-8-17)14(22)12-5-3-4-6-13(12)18/h3-6H,2,7-11H2,1H3,(H,19,24). The maximum absolute atomic E-state index is 12.6. The van der Waals surface area contributed by atoms with Crippen molar-refractivity contribution in [3.63, 3.8) is 0 Å². The third-order valence-electron chi connectivity index (χ3n) is 4.70. The molecule has 0 unspecified atom stereocenters. The van der Waals surface area contributed by atoms with Crippen molar-refractivity contribution < 1.29 is 14.4 Å². The van der Waals surface area contributed by atoms with Crippen molar-refractivity contribution in [3.05, 3.63) is 34.9 Å². The van der Waals surface area contributed by atoms with Crippen molar-refractivity contribution >= 4 is 29.4 Å². The quantitative estimate of drug-likeness (QED) is 0.851. The molecular weight excluding hydrogens is 330 g/mol. The highest BCUT2D eigenvalue weighted by atomic mass is 35.5. The molecule has 6 nitrogen and oxygen atoms in total. The summed E-state index contributed by atoms with van der Waals surface area (Å²) in [5.74, 6) is -0.308. The van der Waals surface area contributed by atoms with Crippen molar-refractivity contribution in [2.75, 3.05) is 19.6 Å². The average Bonchev–Trinajstić information content (AvgIpc) is 2.80. The minimum atomic E-state index is -0.858. The van der Waals surface area contributed by atoms with Gasteiger partial charge in [-0.3, -0.25) is 14.5 Å². The van der Waals surface area contributed by atoms with Crippen LogP contribution in [-0.4, -0.2) is 52.8 Å². The second-order valence-corrected chi connectivity index (χ2v) is 6.65. The molecule has 2 aliphatic rings. The van der Waals surface area contributed by atoms with Gasteiger partial charge in [-0.05, 0) is 31.4 Å². The van der Waals surface area contributed by atoms with E-state index in [1.165, 1.54) is 4.90 Å². The van der Waals surface area contributed by atoms with Gasteiger partial charge in [0.15, 0.2) is 0 Å². The van der Waals surface area contributed by atoms with Gasteiger partial charge in [0, 0.05) is 19.6 Å². The van der Waals surface area contributed by atoms with Gasteiger partial charge in [-0.25, -0.2) is 4.79 Å². The Morgan fingerprint density at radius 3 is 2.54 bits per heavy atom. The number of urea groups is 1. The van der Waals surface area contributed by atoms with Crippen LogP contribution in [0.1, 0.15) is 36.5 Å². The number of imide groups is 1. The molecule has 4 amide bonds. The molecule has 3 rings (SSSR count). The number of piperidine rings is 1. The molecule has 0 atom stereocenters. The molecule has 0 radical (unpaired) electrons. The Morgan fingerprint density at radius 2 is 1.92 bits per heavy atom. The van der Waals surface area contributed by atoms with Gasteiger partial charge in [0.25, 0.3) is 11.8 Å². The van der Waals surface area contributed by atoms with E-state index in [-0.39, 0.29) is 17.8 Å². The largest absolute Gasteiger partial charge is 0.338 e. The Kier molecular flexibility index (Phi) is 4.49. The van der Waals surface area contributed by atoms with Gasteiger partial charge in [0.05, 0.1) is 10.6 Å². The van der Waals surface area contributed by atoms with E-state index in [1.807, 2.05) is 6.92 Å². The van der Waals surface area contributed by atoms with Crippen LogP contribution in [0.3, 0.4) is 0 Å². The molecule has 128 valence electrons. The zero-order valence-corrected chi connectivity index (χ0v) is 14.3. The third kappa shape index (κ3) is 2.75. The second-order valence-electron chi connectivity index (χ2n) is 6.24. The van der Waals surface area contributed by atoms with E-state index in [2.05, 4.69) is 5.32 Å². The fraction of sp³-hybridized carbons (Fsp3) is 0.471. The first-order chi connectivity index (χ1) is 11.5. The smallest absolute Gasteiger partial charge is 0.325 e. The van der Waals surface area contributed by atoms with Crippen molar-refractivity contribution in [2.24, 2.45) is 0 Å². The summed E-state index contributed by atoms with van der Waals surface area (Å²) in [4.78, 5) is 40.2. The van der Waals surface area contributed by atoms with Crippen LogP contribution in [0.15, 0.2) is 24.3 Å². The number of carbonyl (C=O) groups excluding carboxylic acids is 3. The van der Waals surface area contributed by atoms with Crippen molar-refractivity contribution in [1.29, 1.82) is 0 Å². The Hall–Kier alpha value is -2.08. The van der Waals surface area contributed by atoms with Gasteiger partial charge in [0.1, 0.15) is 5.54 Å². The van der Waals surface area contributed by atoms with Gasteiger partial charge in [-0.1, -0.05) is 30.7 Å². The second kappa shape index (κ2) is 6.43. The highest BCUT2D eigenvalue weighted by Gasteiger charge is 2.52. The van der Waals surface area contributed by atoms with Gasteiger partial charge >= 0.3 is 6.03 Å². The van der Waals surface area contributed by atoms with E-state index < -0.39 is 5.54 Å². The highest BCUT2D eigenvalue weighted by molar-refractivity contribution is 6.33. The van der Waals surface area contributed by atoms with Crippen LogP contribution < -0.4 is 5.32 Å². The molecule has 0 bridgehead atoms. The minimum absolute atomic E-state index is 0.141. The molecule has 0 aromatic heterocycles. The molecule has 2 saturated heterocycles. The van der Waals surface area contributed by atoms with Gasteiger partial charge in [0.2, 0.25) is 0 Å². The van der Waals surface area contributed by atoms with Crippen LogP contribution in [0, 0.1) is 0 Å². The van der Waals surface area contributed by atoms with Crippen LogP contribution in [0.2, 0.25) is 5.02 Å². The summed E-state index contributed by atoms with van der Waals surface area (Å²) < 4.78 is 0. The summed E-state index contributed by atoms with van der Waals surface area (Å²) in [5, 5.41) is 3.26. The molecule has 7 heteroatoms. The molecule has 1 aromatic rings. The molecule has 1 spiro atoms. The van der Waals surface area contributed by atoms with Crippen LogP contribution in [0.25, 0.3) is 0 Å². The van der Waals surface area contributed by atoms with E-state index in [4.69, 9.17) is 11.6 Å². The number of hydrogen-bond donors (Lipinski definition) is 1. The summed E-state index contributed by atoms with van der Waals surface area (Å²) in [6.07, 6.45) is 1.58. The fourth-order valence-corrected chi connectivity index (χ4v) is 3.55. The number of benzene rings is 1. The number of nitrogens with one attached hydrogen (secondary N) is 1. The van der Waals surface area contributed by atoms with Crippen molar-refractivity contribution in [2.45, 2.75) is 31.7 Å². The molecule has 2 fully saturated rings. The predicted molar refractivity (Wildman–Crippen MR) is 89.9 cm³/mol. The van der Waals surface area contributed by atoms with Gasteiger partial charge in [-0.2, -0.15) is 0 Å². The van der Waals surface area contributed by atoms with Crippen LogP contribution in [0.4, 0.5) is 4.79 Å². The van der Waals surface area contributed by atoms with E-state index in [9.17, 15) is 14.4 Å². The Morgan fingerprint density at radius 1 is 1.25 bits per heavy atom. The monoisotopic (exact) mass is 349 g/mol. The van der Waals surface area contributed by atoms with Gasteiger partial charge in [-0.15, -0.1) is 0 Å². The summed E-state index contributed by atoms with van der Waals surface area (Å²) in [5.41, 5.74) is -0.395. The number of amides is 4. The molecule has 0 aliphatic carbocycles. The number of rotatable bonds is 3. The first-order valence-corrected chi connectivity index (χ1v) is 8.54. The molecule has 2 heterocycles. The highest BCUT2D eigenvalue weighted by Crippen LogP contribution is 2.30. The van der Waals surface area contributed by atoms with E-state index in [1.54, 1.807) is 29.2 Å². The zero-order valence-electron chi connectivity index (χ0n) is 13.5. The lowest BCUT2D eigenvalue weighted by molar-refractivity contribution is -0.132. The van der Waals surface area contributed by atoms with Crippen molar-refractivity contribution in [1.82, 2.24) is 15.1 Å². The number of hydrogen-bond acceptors (Lipinski definition) is 3. The Bertz CT molecular complexity index is 683. The fourth-order valence-electron chi connectivity index (χ4n) is 3.34. The van der Waals surface area contributed by atoms with Crippen LogP contribution >= 0.6 is 11.6 Å². The number of likely N-dealkylation sites (tertiary alicyclic amines) is 1. The first kappa shape index (κ1) is 16.8. The topological polar surface area (TPSA) is 69.7 Å². The molecule has 1 aromatic carbocycles. The minimum Gasteiger partial charge on any atom is -0.338 e. The molecular formula is C17H20ClN3O3. The number of nitrogens with zero attached hydrogens (tertiary/aromatic N) is 2. The molecule has 24 heavy (non-hydrogen) atoms. The van der Waals surface area contributed by atoms with Crippen LogP contribution in [-0.2, 0) is 4.79 Å². The normalized spacial score (nSPS) is 19.8. The summed E-state index contributed by atoms with van der Waals surface area (Å²) >= 11 is 6.09. The lowest BCUT2D eigenvalue weighted by atomic mass is 9.87. The van der Waals surface area contributed by atoms with Crippen molar-refractivity contribution in [3.8, 4) is 0 Å². The predicted octanol–water partition coefficient (Wildman–Crippen LogP) is 2.28. The Balaban J connectivity index is 1.70. The van der Waals surface area contributed by atoms with E-state index >= 15 is 0 Å². The molecule has 2 aliphatic heterocycles. The lowest BCUT2D eigenvalue weighted by Gasteiger charge is -2.37. The summed E-state index contributed by atoms with van der Waals surface area (Å²) in [7, 11) is 0. The first-order valence-electron chi connectivity index (χ1n) is 8.16. The molecule has 1 N–H and O–H groups in total. The summed E-state index contributed by atoms with van der Waals surface area (Å²) in [6.45, 7) is 3.18. The van der Waals surface area contributed by atoms with Gasteiger partial charge < -0.3 is 10.2 Å². The Labute approximate surface area is 145 Å². The SMILES string of the molecule is CCCN1C(=O)NC2(CCN(C(=O)c3ccccc3Cl)CC2)C1=O. The maximum atomic E-state index is 12.6. The zero-order chi connectivity index (χ0) is 17.3. The van der Waals surface area contributed by atoms with Crippen LogP contribution in [0.5, 0.6) is 0 Å².